The van der Waals surface area contributed by atoms with Crippen molar-refractivity contribution in [2.45, 2.75) is 163 Å². The van der Waals surface area contributed by atoms with E-state index in [9.17, 15) is 25.5 Å². The fourth-order valence-corrected chi connectivity index (χ4v) is 14.5. The van der Waals surface area contributed by atoms with Gasteiger partial charge >= 0.3 is 0 Å². The van der Waals surface area contributed by atoms with Gasteiger partial charge in [-0.2, -0.15) is 0 Å². The summed E-state index contributed by atoms with van der Waals surface area (Å²) in [7, 11) is 0. The molecule has 0 aliphatic heterocycles. The Morgan fingerprint density at radius 1 is 0.891 bits per heavy atom. The van der Waals surface area contributed by atoms with E-state index in [1.807, 2.05) is 13.0 Å². The molecule has 0 radical (unpaired) electrons. The number of hydrogen-bond acceptors (Lipinski definition) is 6. The van der Waals surface area contributed by atoms with Crippen LogP contribution in [0.3, 0.4) is 0 Å². The molecule has 11 unspecified atom stereocenters. The molecule has 0 aromatic rings. The van der Waals surface area contributed by atoms with Gasteiger partial charge in [0.2, 0.25) is 0 Å². The Kier molecular flexibility index (Phi) is 8.87. The average Bonchev–Trinajstić information content (AvgIpc) is 3.46. The summed E-state index contributed by atoms with van der Waals surface area (Å²) in [5.41, 5.74) is -1.61. The van der Waals surface area contributed by atoms with Gasteiger partial charge in [-0.3, -0.25) is 4.79 Å². The van der Waals surface area contributed by atoms with Crippen molar-refractivity contribution in [1.82, 2.24) is 0 Å². The molecular weight excluding hydrogens is 576 g/mol. The molecule has 6 aliphatic carbocycles. The van der Waals surface area contributed by atoms with Gasteiger partial charge in [-0.05, 0) is 109 Å². The van der Waals surface area contributed by atoms with Crippen LogP contribution in [-0.4, -0.2) is 62.8 Å². The summed E-state index contributed by atoms with van der Waals surface area (Å²) < 4.78 is 0. The largest absolute Gasteiger partial charge is 0.396 e. The van der Waals surface area contributed by atoms with Crippen molar-refractivity contribution in [3.63, 3.8) is 0 Å². The van der Waals surface area contributed by atoms with E-state index < -0.39 is 52.0 Å². The van der Waals surface area contributed by atoms with Crippen LogP contribution in [0.25, 0.3) is 0 Å². The fourth-order valence-electron chi connectivity index (χ4n) is 14.5. The predicted molar refractivity (Wildman–Crippen MR) is 181 cm³/mol. The first-order chi connectivity index (χ1) is 21.6. The number of fused-ring (bicyclic) bond motifs is 8. The maximum absolute atomic E-state index is 15.2. The summed E-state index contributed by atoms with van der Waals surface area (Å²) in [4.78, 5) is 15.2. The number of allylic oxidation sites excluding steroid dienone is 2. The number of unbranched alkanes of at least 4 members (excludes halogenated alkanes) is 3. The summed E-state index contributed by atoms with van der Waals surface area (Å²) in [6, 6.07) is 0. The molecule has 6 nitrogen and oxygen atoms in total. The van der Waals surface area contributed by atoms with Gasteiger partial charge < -0.3 is 25.5 Å². The third-order valence-corrected chi connectivity index (χ3v) is 16.7. The Hall–Kier alpha value is -0.790. The maximum atomic E-state index is 15.2. The molecular formula is C40H66O6. The fraction of sp³-hybridized carbons (Fsp3) is 0.925. The smallest absolute Gasteiger partial charge is 0.159 e. The summed E-state index contributed by atoms with van der Waals surface area (Å²) in [5, 5.41) is 57.1. The second kappa shape index (κ2) is 11.6. The van der Waals surface area contributed by atoms with Crippen LogP contribution in [0.2, 0.25) is 0 Å². The molecule has 1 spiro atoms. The minimum absolute atomic E-state index is 0.0323. The first kappa shape index (κ1) is 35.1. The van der Waals surface area contributed by atoms with Crippen molar-refractivity contribution < 1.29 is 30.3 Å². The van der Waals surface area contributed by atoms with Crippen molar-refractivity contribution >= 4 is 5.78 Å². The Bertz CT molecular complexity index is 1200. The van der Waals surface area contributed by atoms with E-state index >= 15 is 4.79 Å². The minimum atomic E-state index is -1.05. The first-order valence-electron chi connectivity index (χ1n) is 19.1. The van der Waals surface area contributed by atoms with Gasteiger partial charge in [0, 0.05) is 16.7 Å². The summed E-state index contributed by atoms with van der Waals surface area (Å²) in [5.74, 6) is -0.214. The molecule has 0 amide bonds. The van der Waals surface area contributed by atoms with Crippen LogP contribution in [0.15, 0.2) is 11.6 Å². The molecule has 6 rings (SSSR count). The predicted octanol–water partition coefficient (Wildman–Crippen LogP) is 6.75. The lowest BCUT2D eigenvalue weighted by Crippen LogP contribution is -2.72. The zero-order valence-corrected chi connectivity index (χ0v) is 29.9. The number of ketones is 1. The van der Waals surface area contributed by atoms with E-state index in [1.54, 1.807) is 0 Å². The van der Waals surface area contributed by atoms with Gasteiger partial charge in [-0.1, -0.05) is 85.6 Å². The molecule has 262 valence electrons. The monoisotopic (exact) mass is 642 g/mol. The van der Waals surface area contributed by atoms with Gasteiger partial charge in [0.1, 0.15) is 0 Å². The molecule has 0 saturated heterocycles. The third-order valence-electron chi connectivity index (χ3n) is 16.7. The summed E-state index contributed by atoms with van der Waals surface area (Å²) in [6.07, 6.45) is 14.5. The zero-order chi connectivity index (χ0) is 33.6. The maximum Gasteiger partial charge on any atom is 0.159 e. The van der Waals surface area contributed by atoms with E-state index in [-0.39, 0.29) is 41.0 Å². The van der Waals surface area contributed by atoms with Crippen LogP contribution < -0.4 is 0 Å². The van der Waals surface area contributed by atoms with Gasteiger partial charge in [0.05, 0.1) is 31.5 Å². The lowest BCUT2D eigenvalue weighted by atomic mass is 9.30. The highest BCUT2D eigenvalue weighted by molar-refractivity contribution is 5.95. The third kappa shape index (κ3) is 4.40. The highest BCUT2D eigenvalue weighted by atomic mass is 16.3. The van der Waals surface area contributed by atoms with Gasteiger partial charge in [-0.25, -0.2) is 0 Å². The van der Waals surface area contributed by atoms with Crippen molar-refractivity contribution in [3.05, 3.63) is 11.6 Å². The Labute approximate surface area is 278 Å². The molecule has 11 atom stereocenters. The quantitative estimate of drug-likeness (QED) is 0.187. The number of hydrogen-bond donors (Lipinski definition) is 5. The van der Waals surface area contributed by atoms with Crippen LogP contribution >= 0.6 is 0 Å². The Morgan fingerprint density at radius 2 is 1.59 bits per heavy atom. The van der Waals surface area contributed by atoms with Crippen LogP contribution in [0, 0.1) is 55.7 Å². The lowest BCUT2D eigenvalue weighted by Gasteiger charge is -2.74. The van der Waals surface area contributed by atoms with E-state index in [0.29, 0.717) is 12.8 Å². The summed E-state index contributed by atoms with van der Waals surface area (Å²) >= 11 is 0. The number of carbonyl (C=O) groups excluding carboxylic acids is 1. The SMILES string of the molecule is CCCCCCC12CCC(O)C(C)(C(O)CO)C1CCC1(C)C2C(=O)C=C2C3CC(C)(C)CC4(CCCC4)C3(CO)C(O)CC21C. The molecule has 0 aromatic carbocycles. The zero-order valence-electron chi connectivity index (χ0n) is 29.9. The van der Waals surface area contributed by atoms with Crippen LogP contribution in [0.4, 0.5) is 0 Å². The van der Waals surface area contributed by atoms with Gasteiger partial charge in [0.25, 0.3) is 0 Å². The van der Waals surface area contributed by atoms with E-state index in [2.05, 4.69) is 34.6 Å². The van der Waals surface area contributed by atoms with Gasteiger partial charge in [0.15, 0.2) is 5.78 Å². The molecule has 46 heavy (non-hydrogen) atoms. The lowest BCUT2D eigenvalue weighted by molar-refractivity contribution is -0.255. The van der Waals surface area contributed by atoms with Gasteiger partial charge in [-0.15, -0.1) is 0 Å². The Morgan fingerprint density at radius 3 is 2.22 bits per heavy atom. The van der Waals surface area contributed by atoms with Crippen LogP contribution in [0.1, 0.15) is 144 Å². The van der Waals surface area contributed by atoms with Crippen molar-refractivity contribution in [2.24, 2.45) is 55.7 Å². The van der Waals surface area contributed by atoms with E-state index in [0.717, 1.165) is 89.9 Å². The molecule has 5 N–H and O–H groups in total. The second-order valence-corrected chi connectivity index (χ2v) is 18.9. The van der Waals surface area contributed by atoms with Crippen molar-refractivity contribution in [3.8, 4) is 0 Å². The van der Waals surface area contributed by atoms with Crippen LogP contribution in [-0.2, 0) is 4.79 Å². The number of aliphatic hydroxyl groups excluding tert-OH is 5. The highest BCUT2D eigenvalue weighted by Gasteiger charge is 2.75. The van der Waals surface area contributed by atoms with Crippen molar-refractivity contribution in [2.75, 3.05) is 13.2 Å². The van der Waals surface area contributed by atoms with E-state index in [1.165, 1.54) is 5.57 Å². The minimum Gasteiger partial charge on any atom is -0.396 e. The normalized spacial score (nSPS) is 48.2. The molecule has 5 saturated carbocycles. The number of rotatable bonds is 8. The molecule has 5 fully saturated rings. The second-order valence-electron chi connectivity index (χ2n) is 18.9. The standard InChI is InChI=1S/C40H66O6/c1-7-8-9-10-17-39-19-14-30(44)37(6,32(46)23-41)29(39)13-18-35(4)33(39)28(43)20-26-27-21-34(2,3)24-38(15-11-12-16-38)40(27,25-42)31(45)22-36(26,35)5/h20,27,29-33,41-42,44-46H,7-19,21-25H2,1-6H3. The van der Waals surface area contributed by atoms with E-state index in [4.69, 9.17) is 0 Å². The van der Waals surface area contributed by atoms with Crippen LogP contribution in [0.5, 0.6) is 0 Å². The molecule has 6 aliphatic rings. The molecule has 6 heteroatoms. The first-order valence-corrected chi connectivity index (χ1v) is 19.1. The number of aliphatic hydroxyl groups is 5. The Balaban J connectivity index is 1.52. The topological polar surface area (TPSA) is 118 Å². The molecule has 0 aromatic heterocycles. The molecule has 0 heterocycles. The summed E-state index contributed by atoms with van der Waals surface area (Å²) in [6.45, 7) is 13.2. The molecule has 0 bridgehead atoms. The average molecular weight is 643 g/mol. The highest BCUT2D eigenvalue weighted by Crippen LogP contribution is 2.79. The number of carbonyl (C=O) groups is 1. The van der Waals surface area contributed by atoms with Crippen molar-refractivity contribution in [1.29, 1.82) is 0 Å².